The van der Waals surface area contributed by atoms with Gasteiger partial charge in [-0.3, -0.25) is 19.7 Å². The molecule has 0 unspecified atom stereocenters. The van der Waals surface area contributed by atoms with E-state index in [9.17, 15) is 9.59 Å². The van der Waals surface area contributed by atoms with E-state index in [1.54, 1.807) is 87.5 Å². The molecule has 0 fully saturated rings. The molecule has 0 aliphatic heterocycles. The molecule has 0 aliphatic carbocycles. The van der Waals surface area contributed by atoms with Crippen molar-refractivity contribution in [1.82, 2.24) is 9.36 Å². The van der Waals surface area contributed by atoms with Gasteiger partial charge >= 0.3 is 0 Å². The van der Waals surface area contributed by atoms with Crippen LogP contribution in [-0.2, 0) is 11.8 Å². The Morgan fingerprint density at radius 2 is 1.46 bits per heavy atom. The van der Waals surface area contributed by atoms with E-state index in [0.29, 0.717) is 28.4 Å². The number of ether oxygens (including phenoxy) is 2. The van der Waals surface area contributed by atoms with E-state index in [4.69, 9.17) is 14.9 Å². The standard InChI is InChI=1S/C30H29N5O4/c1-20-27(30(37)35(34(20)2)23-8-6-5-7-9-23)33-29(36)26(18-21-10-14-24(38-3)15-11-21)28(31)32-19-22-12-16-25(39-4)17-13-22/h5-19,31H,1-4H3,(H,33,36)/b26-18-,31-28?,32-19?. The van der Waals surface area contributed by atoms with Crippen molar-refractivity contribution in [2.24, 2.45) is 12.0 Å². The smallest absolute Gasteiger partial charge is 0.295 e. The number of rotatable bonds is 8. The summed E-state index contributed by atoms with van der Waals surface area (Å²) in [6.07, 6.45) is 3.05. The SMILES string of the molecule is COc1ccc(C=NC(=N)/C(=C/c2ccc(OC)cc2)C(=O)Nc2c(C)n(C)n(-c3ccccc3)c2=O)cc1. The van der Waals surface area contributed by atoms with Crippen molar-refractivity contribution in [2.75, 3.05) is 19.5 Å². The first-order chi connectivity index (χ1) is 18.8. The molecule has 4 rings (SSSR count). The van der Waals surface area contributed by atoms with Gasteiger partial charge in [0.15, 0.2) is 5.84 Å². The number of aliphatic imine (C=N–C) groups is 1. The summed E-state index contributed by atoms with van der Waals surface area (Å²) < 4.78 is 13.5. The van der Waals surface area contributed by atoms with E-state index in [1.807, 2.05) is 30.3 Å². The number of methoxy groups -OCH3 is 2. The third-order valence-corrected chi connectivity index (χ3v) is 6.18. The highest BCUT2D eigenvalue weighted by Gasteiger charge is 2.22. The summed E-state index contributed by atoms with van der Waals surface area (Å²) in [4.78, 5) is 31.1. The molecule has 0 aliphatic rings. The van der Waals surface area contributed by atoms with Crippen molar-refractivity contribution in [3.63, 3.8) is 0 Å². The molecular weight excluding hydrogens is 494 g/mol. The first-order valence-corrected chi connectivity index (χ1v) is 12.1. The highest BCUT2D eigenvalue weighted by atomic mass is 16.5. The molecule has 1 aromatic heterocycles. The maximum atomic E-state index is 13.5. The van der Waals surface area contributed by atoms with E-state index in [-0.39, 0.29) is 22.7 Å². The second kappa shape index (κ2) is 11.9. The van der Waals surface area contributed by atoms with E-state index >= 15 is 0 Å². The maximum Gasteiger partial charge on any atom is 0.295 e. The quantitative estimate of drug-likeness (QED) is 0.199. The summed E-state index contributed by atoms with van der Waals surface area (Å²) in [7, 11) is 4.89. The largest absolute Gasteiger partial charge is 0.497 e. The molecule has 4 aromatic rings. The van der Waals surface area contributed by atoms with Crippen molar-refractivity contribution >= 4 is 29.7 Å². The number of nitrogens with zero attached hydrogens (tertiary/aromatic N) is 3. The van der Waals surface area contributed by atoms with Crippen molar-refractivity contribution in [3.8, 4) is 17.2 Å². The Balaban J connectivity index is 1.69. The Hall–Kier alpha value is -5.18. The van der Waals surface area contributed by atoms with Crippen molar-refractivity contribution in [2.45, 2.75) is 6.92 Å². The number of anilines is 1. The third kappa shape index (κ3) is 6.04. The van der Waals surface area contributed by atoms with Gasteiger partial charge in [-0.05, 0) is 72.7 Å². The Morgan fingerprint density at radius 3 is 2.03 bits per heavy atom. The van der Waals surface area contributed by atoms with Gasteiger partial charge in [0.25, 0.3) is 11.5 Å². The van der Waals surface area contributed by atoms with Crippen LogP contribution in [0.5, 0.6) is 11.5 Å². The predicted molar refractivity (Wildman–Crippen MR) is 154 cm³/mol. The lowest BCUT2D eigenvalue weighted by Crippen LogP contribution is -2.25. The summed E-state index contributed by atoms with van der Waals surface area (Å²) in [5.74, 6) is 0.457. The van der Waals surface area contributed by atoms with Crippen LogP contribution in [-0.4, -0.2) is 41.5 Å². The number of benzene rings is 3. The topological polar surface area (TPSA) is 111 Å². The molecule has 3 aromatic carbocycles. The van der Waals surface area contributed by atoms with Gasteiger partial charge in [0.2, 0.25) is 0 Å². The van der Waals surface area contributed by atoms with Gasteiger partial charge in [0.05, 0.1) is 31.2 Å². The van der Waals surface area contributed by atoms with Crippen LogP contribution >= 0.6 is 0 Å². The number of hydrogen-bond donors (Lipinski definition) is 2. The van der Waals surface area contributed by atoms with Crippen LogP contribution in [0.25, 0.3) is 11.8 Å². The fourth-order valence-electron chi connectivity index (χ4n) is 3.90. The van der Waals surface area contributed by atoms with Crippen LogP contribution in [0.1, 0.15) is 16.8 Å². The van der Waals surface area contributed by atoms with Crippen LogP contribution in [0.2, 0.25) is 0 Å². The number of para-hydroxylation sites is 1. The molecule has 1 heterocycles. The van der Waals surface area contributed by atoms with E-state index in [1.165, 1.54) is 10.9 Å². The number of aromatic nitrogens is 2. The van der Waals surface area contributed by atoms with Gasteiger partial charge in [0.1, 0.15) is 17.2 Å². The van der Waals surface area contributed by atoms with Gasteiger partial charge in [-0.2, -0.15) is 0 Å². The van der Waals surface area contributed by atoms with Gasteiger partial charge < -0.3 is 14.8 Å². The number of hydrogen-bond acceptors (Lipinski definition) is 5. The highest BCUT2D eigenvalue weighted by molar-refractivity contribution is 6.28. The second-order valence-electron chi connectivity index (χ2n) is 8.60. The molecule has 9 nitrogen and oxygen atoms in total. The predicted octanol–water partition coefficient (Wildman–Crippen LogP) is 4.62. The maximum absolute atomic E-state index is 13.5. The lowest BCUT2D eigenvalue weighted by Gasteiger charge is -2.08. The highest BCUT2D eigenvalue weighted by Crippen LogP contribution is 2.18. The molecule has 0 spiro atoms. The van der Waals surface area contributed by atoms with Crippen molar-refractivity contribution < 1.29 is 14.3 Å². The fourth-order valence-corrected chi connectivity index (χ4v) is 3.90. The third-order valence-electron chi connectivity index (χ3n) is 6.18. The lowest BCUT2D eigenvalue weighted by molar-refractivity contribution is -0.112. The van der Waals surface area contributed by atoms with Gasteiger partial charge in [0, 0.05) is 13.3 Å². The summed E-state index contributed by atoms with van der Waals surface area (Å²) in [5, 5.41) is 11.4. The van der Waals surface area contributed by atoms with Crippen LogP contribution in [0.4, 0.5) is 5.69 Å². The van der Waals surface area contributed by atoms with Crippen LogP contribution in [0.15, 0.2) is 94.2 Å². The number of carbonyl (C=O) groups is 1. The number of amides is 1. The number of nitrogens with one attached hydrogen (secondary N) is 2. The molecule has 0 saturated heterocycles. The van der Waals surface area contributed by atoms with Crippen molar-refractivity contribution in [3.05, 3.63) is 112 Å². The molecule has 198 valence electrons. The average Bonchev–Trinajstić information content (AvgIpc) is 3.18. The molecule has 0 bridgehead atoms. The first kappa shape index (κ1) is 26.9. The Morgan fingerprint density at radius 1 is 0.897 bits per heavy atom. The Labute approximate surface area is 226 Å². The molecule has 0 saturated carbocycles. The van der Waals surface area contributed by atoms with Gasteiger partial charge in [-0.1, -0.05) is 30.3 Å². The zero-order valence-electron chi connectivity index (χ0n) is 22.1. The number of carbonyl (C=O) groups excluding carboxylic acids is 1. The molecule has 0 radical (unpaired) electrons. The molecule has 1 amide bonds. The van der Waals surface area contributed by atoms with Gasteiger partial charge in [-0.25, -0.2) is 9.67 Å². The first-order valence-electron chi connectivity index (χ1n) is 12.1. The normalized spacial score (nSPS) is 11.4. The minimum Gasteiger partial charge on any atom is -0.497 e. The van der Waals surface area contributed by atoms with E-state index in [2.05, 4.69) is 10.3 Å². The zero-order chi connectivity index (χ0) is 27.9. The second-order valence-corrected chi connectivity index (χ2v) is 8.60. The lowest BCUT2D eigenvalue weighted by atomic mass is 10.1. The molecule has 0 atom stereocenters. The van der Waals surface area contributed by atoms with Crippen molar-refractivity contribution in [1.29, 1.82) is 5.41 Å². The average molecular weight is 524 g/mol. The Kier molecular flexibility index (Phi) is 8.21. The van der Waals surface area contributed by atoms with Crippen LogP contribution < -0.4 is 20.3 Å². The molecular formula is C30H29N5O4. The fraction of sp³-hybridized carbons (Fsp3) is 0.133. The summed E-state index contributed by atoms with van der Waals surface area (Å²) >= 11 is 0. The molecule has 9 heteroatoms. The summed E-state index contributed by atoms with van der Waals surface area (Å²) in [6.45, 7) is 1.75. The molecule has 2 N–H and O–H groups in total. The monoisotopic (exact) mass is 523 g/mol. The minimum absolute atomic E-state index is 0.0150. The summed E-state index contributed by atoms with van der Waals surface area (Å²) in [6, 6.07) is 23.3. The Bertz CT molecular complexity index is 1600. The van der Waals surface area contributed by atoms with Gasteiger partial charge in [-0.15, -0.1) is 0 Å². The van der Waals surface area contributed by atoms with Crippen LogP contribution in [0.3, 0.4) is 0 Å². The minimum atomic E-state index is -0.631. The summed E-state index contributed by atoms with van der Waals surface area (Å²) in [5.41, 5.74) is 2.35. The van der Waals surface area contributed by atoms with Crippen LogP contribution in [0, 0.1) is 12.3 Å². The number of amidine groups is 1. The van der Waals surface area contributed by atoms with E-state index < -0.39 is 5.91 Å². The zero-order valence-corrected chi connectivity index (χ0v) is 22.1. The van der Waals surface area contributed by atoms with E-state index in [0.717, 1.165) is 5.56 Å². The molecule has 39 heavy (non-hydrogen) atoms.